The lowest BCUT2D eigenvalue weighted by Crippen LogP contribution is -2.00. The molecule has 1 heterocycles. The standard InChI is InChI=1S/C9H6BrN3O2/c10-9-5-6-12(11-9)7-3-1-2-4-8(7)13(14)15/h1-6H. The third-order valence-corrected chi connectivity index (χ3v) is 2.30. The van der Waals surface area contributed by atoms with Gasteiger partial charge in [0, 0.05) is 12.3 Å². The van der Waals surface area contributed by atoms with Gasteiger partial charge in [0.05, 0.1) is 4.92 Å². The van der Waals surface area contributed by atoms with Crippen LogP contribution in [0.15, 0.2) is 41.1 Å². The van der Waals surface area contributed by atoms with Crippen LogP contribution in [0.4, 0.5) is 5.69 Å². The summed E-state index contributed by atoms with van der Waals surface area (Å²) in [5.41, 5.74) is 0.487. The van der Waals surface area contributed by atoms with E-state index in [9.17, 15) is 10.1 Å². The molecule has 0 bridgehead atoms. The first-order valence-electron chi connectivity index (χ1n) is 4.13. The van der Waals surface area contributed by atoms with Crippen molar-refractivity contribution in [2.75, 3.05) is 0 Å². The highest BCUT2D eigenvalue weighted by Gasteiger charge is 2.14. The van der Waals surface area contributed by atoms with Gasteiger partial charge in [0.15, 0.2) is 0 Å². The van der Waals surface area contributed by atoms with Gasteiger partial charge in [-0.05, 0) is 28.1 Å². The van der Waals surface area contributed by atoms with Crippen molar-refractivity contribution in [1.29, 1.82) is 0 Å². The van der Waals surface area contributed by atoms with Crippen molar-refractivity contribution < 1.29 is 4.92 Å². The first-order valence-corrected chi connectivity index (χ1v) is 4.93. The van der Waals surface area contributed by atoms with Gasteiger partial charge in [0.25, 0.3) is 5.69 Å². The van der Waals surface area contributed by atoms with E-state index in [4.69, 9.17) is 0 Å². The monoisotopic (exact) mass is 267 g/mol. The Hall–Kier alpha value is -1.69. The van der Waals surface area contributed by atoms with Gasteiger partial charge in [-0.15, -0.1) is 0 Å². The lowest BCUT2D eigenvalue weighted by molar-refractivity contribution is -0.384. The van der Waals surface area contributed by atoms with Crippen LogP contribution in [-0.2, 0) is 0 Å². The Morgan fingerprint density at radius 1 is 1.33 bits per heavy atom. The topological polar surface area (TPSA) is 61.0 Å². The molecule has 0 spiro atoms. The van der Waals surface area contributed by atoms with Gasteiger partial charge in [-0.2, -0.15) is 5.10 Å². The highest BCUT2D eigenvalue weighted by atomic mass is 79.9. The zero-order valence-electron chi connectivity index (χ0n) is 7.50. The van der Waals surface area contributed by atoms with E-state index in [0.29, 0.717) is 10.3 Å². The van der Waals surface area contributed by atoms with Crippen LogP contribution in [0.5, 0.6) is 0 Å². The Labute approximate surface area is 93.6 Å². The molecule has 76 valence electrons. The smallest absolute Gasteiger partial charge is 0.258 e. The van der Waals surface area contributed by atoms with Crippen molar-refractivity contribution in [3.05, 3.63) is 51.2 Å². The second-order valence-electron chi connectivity index (χ2n) is 2.83. The van der Waals surface area contributed by atoms with Crippen LogP contribution in [0.1, 0.15) is 0 Å². The fourth-order valence-electron chi connectivity index (χ4n) is 1.25. The molecule has 2 aromatic rings. The molecular formula is C9H6BrN3O2. The van der Waals surface area contributed by atoms with Gasteiger partial charge in [0.2, 0.25) is 0 Å². The maximum atomic E-state index is 10.8. The summed E-state index contributed by atoms with van der Waals surface area (Å²) in [6.45, 7) is 0. The number of aromatic nitrogens is 2. The molecule has 0 fully saturated rings. The molecule has 15 heavy (non-hydrogen) atoms. The highest BCUT2D eigenvalue weighted by molar-refractivity contribution is 9.10. The Kier molecular flexibility index (Phi) is 2.51. The summed E-state index contributed by atoms with van der Waals surface area (Å²) in [6.07, 6.45) is 1.66. The fourth-order valence-corrected chi connectivity index (χ4v) is 1.54. The first-order chi connectivity index (χ1) is 7.18. The average molecular weight is 268 g/mol. The molecule has 0 N–H and O–H groups in total. The molecule has 0 atom stereocenters. The molecule has 0 unspecified atom stereocenters. The van der Waals surface area contributed by atoms with Gasteiger partial charge in [-0.25, -0.2) is 4.68 Å². The Balaban J connectivity index is 2.57. The Morgan fingerprint density at radius 2 is 2.07 bits per heavy atom. The molecule has 1 aromatic heterocycles. The van der Waals surface area contributed by atoms with Gasteiger partial charge in [-0.1, -0.05) is 12.1 Å². The maximum Gasteiger partial charge on any atom is 0.294 e. The number of hydrogen-bond acceptors (Lipinski definition) is 3. The second-order valence-corrected chi connectivity index (χ2v) is 3.64. The van der Waals surface area contributed by atoms with Crippen LogP contribution in [-0.4, -0.2) is 14.7 Å². The van der Waals surface area contributed by atoms with Crippen molar-refractivity contribution in [3.63, 3.8) is 0 Å². The zero-order chi connectivity index (χ0) is 10.8. The molecule has 0 aliphatic carbocycles. The largest absolute Gasteiger partial charge is 0.294 e. The van der Waals surface area contributed by atoms with Gasteiger partial charge < -0.3 is 0 Å². The fraction of sp³-hybridized carbons (Fsp3) is 0. The molecule has 1 aromatic carbocycles. The number of para-hydroxylation sites is 2. The number of nitro groups is 1. The van der Waals surface area contributed by atoms with Crippen LogP contribution in [0, 0.1) is 10.1 Å². The molecule has 0 saturated carbocycles. The minimum atomic E-state index is -0.426. The first kappa shape index (κ1) is 9.85. The summed E-state index contributed by atoms with van der Waals surface area (Å²) in [7, 11) is 0. The van der Waals surface area contributed by atoms with Crippen LogP contribution in [0.2, 0.25) is 0 Å². The van der Waals surface area contributed by atoms with Crippen LogP contribution < -0.4 is 0 Å². The number of rotatable bonds is 2. The lowest BCUT2D eigenvalue weighted by Gasteiger charge is -2.01. The van der Waals surface area contributed by atoms with Crippen molar-refractivity contribution in [3.8, 4) is 5.69 Å². The second kappa shape index (κ2) is 3.82. The van der Waals surface area contributed by atoms with Crippen molar-refractivity contribution in [1.82, 2.24) is 9.78 Å². The third-order valence-electron chi connectivity index (χ3n) is 1.88. The van der Waals surface area contributed by atoms with E-state index in [1.807, 2.05) is 0 Å². The third kappa shape index (κ3) is 1.89. The number of nitro benzene ring substituents is 1. The van der Waals surface area contributed by atoms with Crippen LogP contribution >= 0.6 is 15.9 Å². The number of benzene rings is 1. The number of halogens is 1. The van der Waals surface area contributed by atoms with Crippen molar-refractivity contribution in [2.24, 2.45) is 0 Å². The van der Waals surface area contributed by atoms with E-state index >= 15 is 0 Å². The Bertz CT molecular complexity index is 510. The molecule has 0 aliphatic rings. The summed E-state index contributed by atoms with van der Waals surface area (Å²) < 4.78 is 2.10. The maximum absolute atomic E-state index is 10.8. The summed E-state index contributed by atoms with van der Waals surface area (Å²) >= 11 is 3.19. The summed E-state index contributed by atoms with van der Waals surface area (Å²) in [5.74, 6) is 0. The molecule has 0 aliphatic heterocycles. The number of nitrogens with zero attached hydrogens (tertiary/aromatic N) is 3. The minimum absolute atomic E-state index is 0.0353. The van der Waals surface area contributed by atoms with Gasteiger partial charge in [-0.3, -0.25) is 10.1 Å². The van der Waals surface area contributed by atoms with Crippen molar-refractivity contribution >= 4 is 21.6 Å². The molecule has 0 amide bonds. The van der Waals surface area contributed by atoms with Gasteiger partial charge in [0.1, 0.15) is 10.3 Å². The Morgan fingerprint density at radius 3 is 2.67 bits per heavy atom. The van der Waals surface area contributed by atoms with Crippen LogP contribution in [0.25, 0.3) is 5.69 Å². The zero-order valence-corrected chi connectivity index (χ0v) is 9.09. The highest BCUT2D eigenvalue weighted by Crippen LogP contribution is 2.22. The SMILES string of the molecule is O=[N+]([O-])c1ccccc1-n1ccc(Br)n1. The molecular weight excluding hydrogens is 262 g/mol. The van der Waals surface area contributed by atoms with Crippen LogP contribution in [0.3, 0.4) is 0 Å². The molecule has 2 rings (SSSR count). The van der Waals surface area contributed by atoms with Crippen molar-refractivity contribution in [2.45, 2.75) is 0 Å². The predicted molar refractivity (Wildman–Crippen MR) is 57.9 cm³/mol. The normalized spacial score (nSPS) is 10.2. The summed E-state index contributed by atoms with van der Waals surface area (Å²) in [4.78, 5) is 10.3. The minimum Gasteiger partial charge on any atom is -0.258 e. The van der Waals surface area contributed by atoms with E-state index in [2.05, 4.69) is 21.0 Å². The summed E-state index contributed by atoms with van der Waals surface area (Å²) in [6, 6.07) is 8.18. The molecule has 6 heteroatoms. The van der Waals surface area contributed by atoms with E-state index in [1.54, 1.807) is 30.5 Å². The van der Waals surface area contributed by atoms with E-state index in [0.717, 1.165) is 0 Å². The predicted octanol–water partition coefficient (Wildman–Crippen LogP) is 2.54. The quantitative estimate of drug-likeness (QED) is 0.621. The summed E-state index contributed by atoms with van der Waals surface area (Å²) in [5, 5.41) is 14.8. The molecule has 0 radical (unpaired) electrons. The van der Waals surface area contributed by atoms with E-state index < -0.39 is 4.92 Å². The molecule has 0 saturated heterocycles. The average Bonchev–Trinajstić information content (AvgIpc) is 2.65. The number of hydrogen-bond donors (Lipinski definition) is 0. The lowest BCUT2D eigenvalue weighted by atomic mass is 10.3. The van der Waals surface area contributed by atoms with Gasteiger partial charge >= 0.3 is 0 Å². The van der Waals surface area contributed by atoms with E-state index in [-0.39, 0.29) is 5.69 Å². The van der Waals surface area contributed by atoms with E-state index in [1.165, 1.54) is 10.7 Å². The molecule has 5 nitrogen and oxygen atoms in total.